The molecule has 4 aromatic rings. The van der Waals surface area contributed by atoms with Gasteiger partial charge in [-0.3, -0.25) is 4.57 Å². The van der Waals surface area contributed by atoms with E-state index in [0.29, 0.717) is 34.8 Å². The normalized spacial score (nSPS) is 10.7. The molecule has 0 atom stereocenters. The monoisotopic (exact) mass is 378 g/mol. The molecule has 0 radical (unpaired) electrons. The van der Waals surface area contributed by atoms with E-state index in [1.165, 1.54) is 6.33 Å². The number of nitrogens with one attached hydrogen (secondary N) is 1. The van der Waals surface area contributed by atoms with Crippen LogP contribution in [0, 0.1) is 0 Å². The van der Waals surface area contributed by atoms with Crippen molar-refractivity contribution in [1.82, 2.24) is 24.5 Å². The van der Waals surface area contributed by atoms with Crippen LogP contribution in [0.4, 0.5) is 11.6 Å². The third-order valence-corrected chi connectivity index (χ3v) is 4.15. The molecule has 2 heterocycles. The minimum Gasteiger partial charge on any atom is -0.493 e. The molecule has 0 bridgehead atoms. The van der Waals surface area contributed by atoms with Crippen molar-refractivity contribution in [3.63, 3.8) is 0 Å². The highest BCUT2D eigenvalue weighted by molar-refractivity contribution is 5.76. The van der Waals surface area contributed by atoms with E-state index >= 15 is 0 Å². The SMILES string of the molecule is COc1cc(Nc2ncnc(-n3cnc4ccccc43)n2)cc(OC)c1OC. The van der Waals surface area contributed by atoms with Crippen molar-refractivity contribution < 1.29 is 14.2 Å². The Bertz CT molecular complexity index is 1100. The Morgan fingerprint density at radius 3 is 2.36 bits per heavy atom. The van der Waals surface area contributed by atoms with Crippen LogP contribution in [0.5, 0.6) is 17.2 Å². The van der Waals surface area contributed by atoms with E-state index in [1.807, 2.05) is 24.3 Å². The minimum atomic E-state index is 0.372. The topological polar surface area (TPSA) is 96.2 Å². The molecular weight excluding hydrogens is 360 g/mol. The molecule has 1 N–H and O–H groups in total. The standard InChI is InChI=1S/C19H18N6O3/c1-26-15-8-12(9-16(27-2)17(15)28-3)23-18-20-10-21-19(24-18)25-11-22-13-6-4-5-7-14(13)25/h4-11H,1-3H3,(H,20,21,23,24). The highest BCUT2D eigenvalue weighted by Crippen LogP contribution is 2.40. The Morgan fingerprint density at radius 2 is 1.64 bits per heavy atom. The third kappa shape index (κ3) is 3.13. The molecule has 0 spiro atoms. The van der Waals surface area contributed by atoms with Gasteiger partial charge in [0.25, 0.3) is 0 Å². The molecule has 0 aliphatic carbocycles. The molecule has 28 heavy (non-hydrogen) atoms. The predicted molar refractivity (Wildman–Crippen MR) is 104 cm³/mol. The van der Waals surface area contributed by atoms with Crippen molar-refractivity contribution >= 4 is 22.7 Å². The maximum Gasteiger partial charge on any atom is 0.240 e. The zero-order valence-corrected chi connectivity index (χ0v) is 15.6. The molecule has 2 aromatic heterocycles. The van der Waals surface area contributed by atoms with Gasteiger partial charge in [-0.1, -0.05) is 12.1 Å². The number of methoxy groups -OCH3 is 3. The summed E-state index contributed by atoms with van der Waals surface area (Å²) in [4.78, 5) is 17.3. The number of nitrogens with zero attached hydrogens (tertiary/aromatic N) is 5. The molecule has 9 heteroatoms. The lowest BCUT2D eigenvalue weighted by Gasteiger charge is -2.14. The van der Waals surface area contributed by atoms with E-state index in [0.717, 1.165) is 11.0 Å². The average molecular weight is 378 g/mol. The molecular formula is C19H18N6O3. The van der Waals surface area contributed by atoms with E-state index in [-0.39, 0.29) is 0 Å². The van der Waals surface area contributed by atoms with Crippen molar-refractivity contribution in [2.24, 2.45) is 0 Å². The van der Waals surface area contributed by atoms with Gasteiger partial charge >= 0.3 is 0 Å². The van der Waals surface area contributed by atoms with Crippen LogP contribution in [0.25, 0.3) is 17.0 Å². The first-order chi connectivity index (χ1) is 13.7. The number of benzene rings is 2. The lowest BCUT2D eigenvalue weighted by molar-refractivity contribution is 0.324. The molecule has 0 aliphatic rings. The number of ether oxygens (including phenoxy) is 3. The number of fused-ring (bicyclic) bond motifs is 1. The average Bonchev–Trinajstić information content (AvgIpc) is 3.17. The van der Waals surface area contributed by atoms with E-state index in [4.69, 9.17) is 14.2 Å². The first kappa shape index (κ1) is 17.5. The second-order valence-corrected chi connectivity index (χ2v) is 5.75. The zero-order chi connectivity index (χ0) is 19.5. The summed E-state index contributed by atoms with van der Waals surface area (Å²) in [6.07, 6.45) is 3.13. The fraction of sp³-hybridized carbons (Fsp3) is 0.158. The van der Waals surface area contributed by atoms with Crippen LogP contribution in [-0.2, 0) is 0 Å². The molecule has 0 unspecified atom stereocenters. The number of aromatic nitrogens is 5. The summed E-state index contributed by atoms with van der Waals surface area (Å²) >= 11 is 0. The largest absolute Gasteiger partial charge is 0.493 e. The quantitative estimate of drug-likeness (QED) is 0.547. The van der Waals surface area contributed by atoms with Gasteiger partial charge in [-0.15, -0.1) is 0 Å². The maximum absolute atomic E-state index is 5.38. The van der Waals surface area contributed by atoms with E-state index in [9.17, 15) is 0 Å². The highest BCUT2D eigenvalue weighted by atomic mass is 16.5. The van der Waals surface area contributed by atoms with Crippen LogP contribution in [0.1, 0.15) is 0 Å². The summed E-state index contributed by atoms with van der Waals surface area (Å²) in [6.45, 7) is 0. The van der Waals surface area contributed by atoms with Crippen LogP contribution in [0.15, 0.2) is 49.1 Å². The van der Waals surface area contributed by atoms with E-state index in [1.54, 1.807) is 44.4 Å². The molecule has 2 aromatic carbocycles. The number of anilines is 2. The van der Waals surface area contributed by atoms with Gasteiger partial charge < -0.3 is 19.5 Å². The van der Waals surface area contributed by atoms with Gasteiger partial charge in [0.2, 0.25) is 17.6 Å². The Kier molecular flexibility index (Phi) is 4.63. The summed E-state index contributed by atoms with van der Waals surface area (Å²) in [6, 6.07) is 11.3. The number of hydrogen-bond donors (Lipinski definition) is 1. The van der Waals surface area contributed by atoms with Gasteiger partial charge in [-0.25, -0.2) is 15.0 Å². The second-order valence-electron chi connectivity index (χ2n) is 5.75. The van der Waals surface area contributed by atoms with Gasteiger partial charge in [-0.05, 0) is 12.1 Å². The molecule has 0 fully saturated rings. The molecule has 0 saturated heterocycles. The first-order valence-corrected chi connectivity index (χ1v) is 8.42. The summed E-state index contributed by atoms with van der Waals surface area (Å²) in [5.74, 6) is 2.39. The van der Waals surface area contributed by atoms with Crippen LogP contribution < -0.4 is 19.5 Å². The maximum atomic E-state index is 5.38. The summed E-state index contributed by atoms with van der Waals surface area (Å²) < 4.78 is 17.9. The molecule has 142 valence electrons. The van der Waals surface area contributed by atoms with Crippen molar-refractivity contribution in [2.75, 3.05) is 26.6 Å². The number of para-hydroxylation sites is 2. The van der Waals surface area contributed by atoms with Gasteiger partial charge in [0.05, 0.1) is 32.4 Å². The van der Waals surface area contributed by atoms with Crippen molar-refractivity contribution in [3.8, 4) is 23.2 Å². The lowest BCUT2D eigenvalue weighted by atomic mass is 10.2. The van der Waals surface area contributed by atoms with Gasteiger partial charge in [-0.2, -0.15) is 4.98 Å². The summed E-state index contributed by atoms with van der Waals surface area (Å²) in [7, 11) is 4.68. The first-order valence-electron chi connectivity index (χ1n) is 8.42. The third-order valence-electron chi connectivity index (χ3n) is 4.15. The van der Waals surface area contributed by atoms with E-state index in [2.05, 4.69) is 25.3 Å². The molecule has 4 rings (SSSR count). The molecule has 0 aliphatic heterocycles. The zero-order valence-electron chi connectivity index (χ0n) is 15.6. The fourth-order valence-electron chi connectivity index (χ4n) is 2.86. The minimum absolute atomic E-state index is 0.372. The lowest BCUT2D eigenvalue weighted by Crippen LogP contribution is -2.05. The van der Waals surface area contributed by atoms with Crippen LogP contribution in [0.2, 0.25) is 0 Å². The predicted octanol–water partition coefficient (Wildman–Crippen LogP) is 2.98. The molecule has 0 saturated carbocycles. The Hall–Kier alpha value is -3.88. The molecule has 0 amide bonds. The summed E-state index contributed by atoms with van der Waals surface area (Å²) in [5.41, 5.74) is 2.46. The van der Waals surface area contributed by atoms with Crippen molar-refractivity contribution in [3.05, 3.63) is 49.1 Å². The van der Waals surface area contributed by atoms with Crippen LogP contribution in [-0.4, -0.2) is 45.8 Å². The fourth-order valence-corrected chi connectivity index (χ4v) is 2.86. The highest BCUT2D eigenvalue weighted by Gasteiger charge is 2.14. The van der Waals surface area contributed by atoms with E-state index < -0.39 is 0 Å². The summed E-state index contributed by atoms with van der Waals surface area (Å²) in [5, 5.41) is 3.14. The number of rotatable bonds is 6. The Labute approximate surface area is 161 Å². The smallest absolute Gasteiger partial charge is 0.240 e. The number of hydrogen-bond acceptors (Lipinski definition) is 8. The van der Waals surface area contributed by atoms with Gasteiger partial charge in [0.1, 0.15) is 12.7 Å². The van der Waals surface area contributed by atoms with Crippen molar-refractivity contribution in [1.29, 1.82) is 0 Å². The van der Waals surface area contributed by atoms with Crippen LogP contribution >= 0.6 is 0 Å². The van der Waals surface area contributed by atoms with Gasteiger partial charge in [0, 0.05) is 17.8 Å². The van der Waals surface area contributed by atoms with Crippen LogP contribution in [0.3, 0.4) is 0 Å². The Balaban J connectivity index is 1.69. The molecule has 9 nitrogen and oxygen atoms in total. The van der Waals surface area contributed by atoms with Gasteiger partial charge in [0.15, 0.2) is 11.5 Å². The van der Waals surface area contributed by atoms with Crippen molar-refractivity contribution in [2.45, 2.75) is 0 Å². The Morgan fingerprint density at radius 1 is 0.893 bits per heavy atom. The number of imidazole rings is 1. The second kappa shape index (κ2) is 7.39.